The number of nitrogens with zero attached hydrogens (tertiary/aromatic N) is 3. The lowest BCUT2D eigenvalue weighted by Gasteiger charge is -2.20. The second-order valence-electron chi connectivity index (χ2n) is 6.42. The second kappa shape index (κ2) is 7.03. The highest BCUT2D eigenvalue weighted by Gasteiger charge is 2.18. The summed E-state index contributed by atoms with van der Waals surface area (Å²) < 4.78 is 7.64. The normalized spacial score (nSPS) is 18.2. The van der Waals surface area contributed by atoms with E-state index in [0.29, 0.717) is 18.3 Å². The van der Waals surface area contributed by atoms with Crippen molar-refractivity contribution >= 4 is 22.8 Å². The van der Waals surface area contributed by atoms with Crippen LogP contribution in [0.5, 0.6) is 5.88 Å². The topological polar surface area (TPSA) is 81.1 Å². The zero-order valence-electron chi connectivity index (χ0n) is 14.6. The number of aromatic nitrogens is 3. The van der Waals surface area contributed by atoms with Gasteiger partial charge < -0.3 is 10.1 Å². The minimum atomic E-state index is -0.277. The van der Waals surface area contributed by atoms with Crippen LogP contribution in [0, 0.1) is 0 Å². The molecule has 1 aromatic carbocycles. The summed E-state index contributed by atoms with van der Waals surface area (Å²) in [6.07, 6.45) is 4.42. The number of nitrogens with one attached hydrogen (secondary N) is 2. The summed E-state index contributed by atoms with van der Waals surface area (Å²) >= 11 is 0. The first-order valence-corrected chi connectivity index (χ1v) is 8.79. The highest BCUT2D eigenvalue weighted by Crippen LogP contribution is 2.27. The average Bonchev–Trinajstić information content (AvgIpc) is 3.01. The number of benzene rings is 1. The molecule has 0 unspecified atom stereocenters. The first-order valence-electron chi connectivity index (χ1n) is 8.79. The van der Waals surface area contributed by atoms with Gasteiger partial charge in [-0.05, 0) is 30.9 Å². The van der Waals surface area contributed by atoms with Crippen molar-refractivity contribution in [2.24, 2.45) is 7.05 Å². The van der Waals surface area contributed by atoms with Crippen LogP contribution in [0.1, 0.15) is 30.9 Å². The fraction of sp³-hybridized carbons (Fsp3) is 0.316. The molecule has 0 saturated carbocycles. The maximum atomic E-state index is 12.5. The molecule has 26 heavy (non-hydrogen) atoms. The molecule has 0 spiro atoms. The van der Waals surface area contributed by atoms with Crippen molar-refractivity contribution in [3.63, 3.8) is 0 Å². The Hall–Kier alpha value is -3.09. The number of hydrogen-bond acceptors (Lipinski definition) is 4. The molecule has 1 aliphatic rings. The van der Waals surface area contributed by atoms with E-state index in [1.54, 1.807) is 16.9 Å². The lowest BCUT2D eigenvalue weighted by atomic mass is 10.0. The Labute approximate surface area is 151 Å². The molecule has 0 radical (unpaired) electrons. The smallest absolute Gasteiger partial charge is 0.320 e. The first kappa shape index (κ1) is 16.4. The molecule has 0 saturated heterocycles. The summed E-state index contributed by atoms with van der Waals surface area (Å²) in [4.78, 5) is 17.0. The summed E-state index contributed by atoms with van der Waals surface area (Å²) in [5, 5.41) is 11.0. The largest absolute Gasteiger partial charge is 0.476 e. The highest BCUT2D eigenvalue weighted by atomic mass is 16.5. The van der Waals surface area contributed by atoms with Gasteiger partial charge in [-0.25, -0.2) is 4.79 Å². The van der Waals surface area contributed by atoms with E-state index in [4.69, 9.17) is 4.74 Å². The fourth-order valence-corrected chi connectivity index (χ4v) is 3.27. The SMILES string of the molecule is Cn1ncc2cc3nc(c21)OCCCC[C@@H](c1ccccc1)NC(=O)N3. The van der Waals surface area contributed by atoms with E-state index in [2.05, 4.69) is 20.7 Å². The number of carbonyl (C=O) groups is 1. The van der Waals surface area contributed by atoms with Crippen LogP contribution in [0.3, 0.4) is 0 Å². The van der Waals surface area contributed by atoms with E-state index in [1.807, 2.05) is 37.4 Å². The van der Waals surface area contributed by atoms with Gasteiger partial charge in [0.25, 0.3) is 0 Å². The van der Waals surface area contributed by atoms with E-state index in [1.165, 1.54) is 0 Å². The molecule has 7 nitrogen and oxygen atoms in total. The van der Waals surface area contributed by atoms with Gasteiger partial charge in [-0.15, -0.1) is 0 Å². The molecule has 4 rings (SSSR count). The number of hydrogen-bond donors (Lipinski definition) is 2. The monoisotopic (exact) mass is 351 g/mol. The minimum absolute atomic E-state index is 0.0442. The fourth-order valence-electron chi connectivity index (χ4n) is 3.27. The Bertz CT molecular complexity index is 922. The summed E-state index contributed by atoms with van der Waals surface area (Å²) in [5.41, 5.74) is 1.92. The molecule has 3 aromatic rings. The Morgan fingerprint density at radius 1 is 1.23 bits per heavy atom. The van der Waals surface area contributed by atoms with Crippen LogP contribution < -0.4 is 15.4 Å². The predicted molar refractivity (Wildman–Crippen MR) is 99.2 cm³/mol. The molecule has 1 aliphatic heterocycles. The van der Waals surface area contributed by atoms with Crippen molar-refractivity contribution in [3.05, 3.63) is 48.2 Å². The molecule has 2 bridgehead atoms. The molecule has 2 amide bonds. The zero-order valence-corrected chi connectivity index (χ0v) is 14.6. The van der Waals surface area contributed by atoms with Crippen LogP contribution in [0.15, 0.2) is 42.6 Å². The van der Waals surface area contributed by atoms with E-state index in [0.717, 1.165) is 35.7 Å². The number of amides is 2. The summed E-state index contributed by atoms with van der Waals surface area (Å²) in [7, 11) is 1.85. The maximum Gasteiger partial charge on any atom is 0.320 e. The number of pyridine rings is 1. The van der Waals surface area contributed by atoms with Gasteiger partial charge in [0.15, 0.2) is 0 Å². The van der Waals surface area contributed by atoms with Crippen LogP contribution in [-0.4, -0.2) is 27.4 Å². The number of ether oxygens (including phenoxy) is 1. The Morgan fingerprint density at radius 2 is 2.08 bits per heavy atom. The van der Waals surface area contributed by atoms with Crippen LogP contribution in [0.2, 0.25) is 0 Å². The van der Waals surface area contributed by atoms with E-state index in [-0.39, 0.29) is 12.1 Å². The highest BCUT2D eigenvalue weighted by molar-refractivity contribution is 5.92. The van der Waals surface area contributed by atoms with Crippen molar-refractivity contribution in [2.45, 2.75) is 25.3 Å². The van der Waals surface area contributed by atoms with Gasteiger partial charge in [0, 0.05) is 12.4 Å². The molecule has 0 fully saturated rings. The molecule has 3 heterocycles. The van der Waals surface area contributed by atoms with Crippen LogP contribution in [-0.2, 0) is 7.05 Å². The van der Waals surface area contributed by atoms with Crippen LogP contribution in [0.4, 0.5) is 10.6 Å². The van der Waals surface area contributed by atoms with E-state index < -0.39 is 0 Å². The van der Waals surface area contributed by atoms with Crippen LogP contribution in [0.25, 0.3) is 10.9 Å². The molecular weight excluding hydrogens is 330 g/mol. The summed E-state index contributed by atoms with van der Waals surface area (Å²) in [6, 6.07) is 11.5. The molecule has 2 N–H and O–H groups in total. The maximum absolute atomic E-state index is 12.5. The Balaban J connectivity index is 1.64. The number of urea groups is 1. The molecular formula is C19H21N5O2. The number of aryl methyl sites for hydroxylation is 1. The molecule has 1 atom stereocenters. The summed E-state index contributed by atoms with van der Waals surface area (Å²) in [5.74, 6) is 0.948. The molecule has 0 aliphatic carbocycles. The lowest BCUT2D eigenvalue weighted by molar-refractivity contribution is 0.246. The van der Waals surface area contributed by atoms with Gasteiger partial charge in [-0.2, -0.15) is 10.1 Å². The second-order valence-corrected chi connectivity index (χ2v) is 6.42. The number of anilines is 1. The first-order chi connectivity index (χ1) is 12.7. The predicted octanol–water partition coefficient (Wildman–Crippen LogP) is 3.39. The quantitative estimate of drug-likeness (QED) is 0.704. The number of rotatable bonds is 1. The minimum Gasteiger partial charge on any atom is -0.476 e. The zero-order chi connectivity index (χ0) is 17.9. The van der Waals surface area contributed by atoms with Crippen molar-refractivity contribution in [1.82, 2.24) is 20.1 Å². The van der Waals surface area contributed by atoms with Gasteiger partial charge >= 0.3 is 6.03 Å². The van der Waals surface area contributed by atoms with Gasteiger partial charge in [-0.1, -0.05) is 30.3 Å². The van der Waals surface area contributed by atoms with E-state index in [9.17, 15) is 4.79 Å². The van der Waals surface area contributed by atoms with Gasteiger partial charge in [0.1, 0.15) is 11.3 Å². The lowest BCUT2D eigenvalue weighted by Crippen LogP contribution is -2.33. The van der Waals surface area contributed by atoms with Gasteiger partial charge in [0.05, 0.1) is 18.8 Å². The number of fused-ring (bicyclic) bond motifs is 4. The van der Waals surface area contributed by atoms with Crippen LogP contribution >= 0.6 is 0 Å². The van der Waals surface area contributed by atoms with Gasteiger partial charge in [0.2, 0.25) is 5.88 Å². The molecule has 134 valence electrons. The van der Waals surface area contributed by atoms with Gasteiger partial charge in [-0.3, -0.25) is 10.00 Å². The third-order valence-corrected chi connectivity index (χ3v) is 4.56. The molecule has 2 aromatic heterocycles. The molecule has 7 heteroatoms. The summed E-state index contributed by atoms with van der Waals surface area (Å²) in [6.45, 7) is 0.576. The third-order valence-electron chi connectivity index (χ3n) is 4.56. The van der Waals surface area contributed by atoms with Crippen molar-refractivity contribution in [2.75, 3.05) is 11.9 Å². The number of carbonyl (C=O) groups excluding carboxylic acids is 1. The van der Waals surface area contributed by atoms with Crippen molar-refractivity contribution < 1.29 is 9.53 Å². The average molecular weight is 351 g/mol. The Morgan fingerprint density at radius 3 is 2.92 bits per heavy atom. The standard InChI is InChI=1S/C19H21N5O2/c1-24-17-14(12-20-24)11-16-22-18(17)26-10-6-5-9-15(21-19(25)23-16)13-7-3-2-4-8-13/h2-4,7-8,11-12,15H,5-6,9-10H2,1H3,(H2,21,22,23,25)/t15-/m0/s1. The third kappa shape index (κ3) is 3.33. The Kier molecular flexibility index (Phi) is 4.43. The van der Waals surface area contributed by atoms with Crippen molar-refractivity contribution in [3.8, 4) is 5.88 Å². The van der Waals surface area contributed by atoms with E-state index >= 15 is 0 Å². The van der Waals surface area contributed by atoms with Crippen molar-refractivity contribution in [1.29, 1.82) is 0 Å².